The van der Waals surface area contributed by atoms with Gasteiger partial charge in [-0.1, -0.05) is 11.5 Å². The average molecular weight is 258 g/mol. The molecule has 0 amide bonds. The molecule has 0 saturated carbocycles. The van der Waals surface area contributed by atoms with E-state index in [2.05, 4.69) is 4.74 Å². The summed E-state index contributed by atoms with van der Waals surface area (Å²) in [6.07, 6.45) is -0.0393. The van der Waals surface area contributed by atoms with Crippen LogP contribution in [0.25, 0.3) is 0 Å². The molecule has 0 unspecified atom stereocenters. The Kier molecular flexibility index (Phi) is 6.05. The number of methoxy groups -OCH3 is 1. The fourth-order valence-corrected chi connectivity index (χ4v) is 1.18. The molecular weight excluding hydrogens is 251 g/mol. The van der Waals surface area contributed by atoms with E-state index in [9.17, 15) is 22.8 Å². The number of aromatic hydroxyl groups is 1. The SMILES string of the molecule is COc1ccc([B-](F)(F)F)c(C=O)c1O.[K+]. The summed E-state index contributed by atoms with van der Waals surface area (Å²) in [5.74, 6) is -0.954. The monoisotopic (exact) mass is 258 g/mol. The van der Waals surface area contributed by atoms with E-state index < -0.39 is 23.8 Å². The van der Waals surface area contributed by atoms with Crippen molar-refractivity contribution in [1.82, 2.24) is 0 Å². The Morgan fingerprint density at radius 1 is 1.38 bits per heavy atom. The van der Waals surface area contributed by atoms with Gasteiger partial charge in [-0.25, -0.2) is 0 Å². The van der Waals surface area contributed by atoms with Crippen molar-refractivity contribution in [3.63, 3.8) is 0 Å². The molecule has 0 saturated heterocycles. The zero-order valence-electron chi connectivity index (χ0n) is 8.71. The quantitative estimate of drug-likeness (QED) is 0.518. The molecular formula is C8H7BF3KO3. The van der Waals surface area contributed by atoms with Crippen LogP contribution < -0.4 is 61.6 Å². The molecule has 0 aromatic heterocycles. The number of hydrogen-bond acceptors (Lipinski definition) is 3. The van der Waals surface area contributed by atoms with Crippen LogP contribution in [0.3, 0.4) is 0 Å². The van der Waals surface area contributed by atoms with Crippen molar-refractivity contribution >= 4 is 18.7 Å². The normalized spacial score (nSPS) is 10.5. The first-order chi connectivity index (χ1) is 6.91. The molecule has 0 heterocycles. The summed E-state index contributed by atoms with van der Waals surface area (Å²) in [7, 11) is 1.18. The van der Waals surface area contributed by atoms with Gasteiger partial charge in [0.15, 0.2) is 17.8 Å². The largest absolute Gasteiger partial charge is 1.00 e. The fraction of sp³-hybridized carbons (Fsp3) is 0.125. The fourth-order valence-electron chi connectivity index (χ4n) is 1.18. The minimum absolute atomic E-state index is 0. The van der Waals surface area contributed by atoms with Crippen LogP contribution in [0.15, 0.2) is 12.1 Å². The maximum atomic E-state index is 12.4. The number of rotatable bonds is 3. The van der Waals surface area contributed by atoms with Gasteiger partial charge in [0.05, 0.1) is 7.11 Å². The predicted octanol–water partition coefficient (Wildman–Crippen LogP) is -1.73. The summed E-state index contributed by atoms with van der Waals surface area (Å²) < 4.78 is 41.8. The summed E-state index contributed by atoms with van der Waals surface area (Å²) in [4.78, 5) is 10.5. The van der Waals surface area contributed by atoms with Crippen molar-refractivity contribution in [2.24, 2.45) is 0 Å². The smallest absolute Gasteiger partial charge is 0.504 e. The molecule has 0 bridgehead atoms. The molecule has 0 fully saturated rings. The second-order valence-electron chi connectivity index (χ2n) is 2.81. The minimum Gasteiger partial charge on any atom is -0.504 e. The molecule has 0 aliphatic carbocycles. The molecule has 0 atom stereocenters. The number of hydrogen-bond donors (Lipinski definition) is 1. The summed E-state index contributed by atoms with van der Waals surface area (Å²) in [6.45, 7) is -5.33. The molecule has 1 N–H and O–H groups in total. The second-order valence-corrected chi connectivity index (χ2v) is 2.81. The molecule has 16 heavy (non-hydrogen) atoms. The third-order valence-electron chi connectivity index (χ3n) is 1.90. The number of carbonyl (C=O) groups is 1. The zero-order valence-corrected chi connectivity index (χ0v) is 11.8. The van der Waals surface area contributed by atoms with E-state index in [0.29, 0.717) is 6.07 Å². The molecule has 1 rings (SSSR count). The number of benzene rings is 1. The maximum Gasteiger partial charge on any atom is 1.00 e. The second kappa shape index (κ2) is 6.06. The van der Waals surface area contributed by atoms with Crippen LogP contribution in [0.1, 0.15) is 10.4 Å². The molecule has 82 valence electrons. The van der Waals surface area contributed by atoms with Crippen molar-refractivity contribution in [2.45, 2.75) is 0 Å². The number of aldehydes is 1. The van der Waals surface area contributed by atoms with E-state index in [4.69, 9.17) is 0 Å². The molecule has 3 nitrogen and oxygen atoms in total. The van der Waals surface area contributed by atoms with Gasteiger partial charge in [0.1, 0.15) is 0 Å². The summed E-state index contributed by atoms with van der Waals surface area (Å²) in [6, 6.07) is 1.68. The predicted molar refractivity (Wildman–Crippen MR) is 48.8 cm³/mol. The van der Waals surface area contributed by atoms with E-state index in [1.165, 1.54) is 7.11 Å². The Hall–Kier alpha value is -0.0187. The number of phenols is 1. The Labute approximate surface area is 132 Å². The van der Waals surface area contributed by atoms with Gasteiger partial charge in [0.25, 0.3) is 0 Å². The van der Waals surface area contributed by atoms with Crippen molar-refractivity contribution in [2.75, 3.05) is 7.11 Å². The molecule has 0 aliphatic rings. The Morgan fingerprint density at radius 2 is 1.94 bits per heavy atom. The topological polar surface area (TPSA) is 46.5 Å². The maximum absolute atomic E-state index is 12.4. The molecule has 8 heteroatoms. The third-order valence-corrected chi connectivity index (χ3v) is 1.90. The Morgan fingerprint density at radius 3 is 2.31 bits per heavy atom. The van der Waals surface area contributed by atoms with E-state index in [1.54, 1.807) is 0 Å². The van der Waals surface area contributed by atoms with Gasteiger partial charge in [0.2, 0.25) is 0 Å². The van der Waals surface area contributed by atoms with Crippen molar-refractivity contribution in [1.29, 1.82) is 0 Å². The van der Waals surface area contributed by atoms with Gasteiger partial charge < -0.3 is 22.8 Å². The van der Waals surface area contributed by atoms with E-state index in [0.717, 1.165) is 6.07 Å². The first-order valence-electron chi connectivity index (χ1n) is 3.96. The number of halogens is 3. The van der Waals surface area contributed by atoms with Gasteiger partial charge in [-0.15, -0.1) is 0 Å². The van der Waals surface area contributed by atoms with Crippen molar-refractivity contribution in [3.8, 4) is 11.5 Å². The number of phenolic OH excluding ortho intramolecular Hbond substituents is 1. The first kappa shape index (κ1) is 16.0. The van der Waals surface area contributed by atoms with Gasteiger partial charge in [0, 0.05) is 5.56 Å². The van der Waals surface area contributed by atoms with Crippen LogP contribution in [-0.4, -0.2) is 25.5 Å². The molecule has 0 radical (unpaired) electrons. The molecule has 1 aromatic carbocycles. The van der Waals surface area contributed by atoms with Crippen LogP contribution in [0.5, 0.6) is 11.5 Å². The van der Waals surface area contributed by atoms with Crippen LogP contribution >= 0.6 is 0 Å². The van der Waals surface area contributed by atoms with Crippen molar-refractivity contribution in [3.05, 3.63) is 17.7 Å². The van der Waals surface area contributed by atoms with E-state index >= 15 is 0 Å². The van der Waals surface area contributed by atoms with Gasteiger partial charge in [-0.05, 0) is 6.07 Å². The first-order valence-corrected chi connectivity index (χ1v) is 3.96. The summed E-state index contributed by atoms with van der Waals surface area (Å²) in [5.41, 5.74) is -1.91. The van der Waals surface area contributed by atoms with Crippen LogP contribution in [0, 0.1) is 0 Å². The standard InChI is InChI=1S/C8H7BF3O3.K/c1-15-7-3-2-6(9(10,11)12)5(4-13)8(7)14;/h2-4,14H,1H3;/q-1;+1. The van der Waals surface area contributed by atoms with Crippen LogP contribution in [0.4, 0.5) is 12.9 Å². The Bertz CT molecular complexity index is 395. The van der Waals surface area contributed by atoms with Gasteiger partial charge >= 0.3 is 58.4 Å². The van der Waals surface area contributed by atoms with Crippen LogP contribution in [-0.2, 0) is 0 Å². The number of carbonyl (C=O) groups excluding carboxylic acids is 1. The zero-order chi connectivity index (χ0) is 11.6. The third kappa shape index (κ3) is 3.24. The van der Waals surface area contributed by atoms with Crippen molar-refractivity contribution < 1.29 is 79.0 Å². The molecule has 1 aromatic rings. The van der Waals surface area contributed by atoms with Gasteiger partial charge in [-0.2, -0.15) is 0 Å². The van der Waals surface area contributed by atoms with Crippen LogP contribution in [0.2, 0.25) is 0 Å². The minimum atomic E-state index is -5.33. The average Bonchev–Trinajstić information content (AvgIpc) is 2.15. The Balaban J connectivity index is 0.00000225. The number of ether oxygens (including phenoxy) is 1. The summed E-state index contributed by atoms with van der Waals surface area (Å²) in [5, 5.41) is 9.29. The van der Waals surface area contributed by atoms with E-state index in [1.807, 2.05) is 0 Å². The van der Waals surface area contributed by atoms with E-state index in [-0.39, 0.29) is 63.4 Å². The molecule has 0 spiro atoms. The summed E-state index contributed by atoms with van der Waals surface area (Å²) >= 11 is 0. The molecule has 0 aliphatic heterocycles. The van der Waals surface area contributed by atoms with Gasteiger partial charge in [-0.3, -0.25) is 4.79 Å².